The average Bonchev–Trinajstić information content (AvgIpc) is 3.98. The molecule has 378 valence electrons. The molecular formula is C54H66N12O5S. The number of rotatable bonds is 11. The van der Waals surface area contributed by atoms with Crippen LogP contribution >= 0.6 is 11.3 Å². The van der Waals surface area contributed by atoms with E-state index in [0.717, 1.165) is 123 Å². The van der Waals surface area contributed by atoms with Crippen molar-refractivity contribution in [1.82, 2.24) is 45.6 Å². The smallest absolute Gasteiger partial charge is 0.246 e. The summed E-state index contributed by atoms with van der Waals surface area (Å²) in [5.41, 5.74) is 7.79. The Kier molecular flexibility index (Phi) is 12.9. The standard InChI is InChI=1S/C54H66N12O5S/c1-32-46(72-31-58-32)35-11-9-33(10-12-35)27-57-50(70)44-21-39(67)30-66(44)51(71)47(53(2,3)4)60-49(69)36-23-54(24-36)25-37(26-54)63-17-14-34(15-18-63)41-13-16-55-52(59-41)64-19-20-65-38(29-64)28-56-48-43(65)22-42(61-62-48)40-7-5-6-8-45(40)68/h5-13,16,22,31,34,36-39,44,47,67-68H,14-15,17-21,23-30H2,1-4H3,(H,56,62)(H,57,70)(H,60,69)/t36-,37-,38-,39-,44+,47-,54?/m1/s1. The highest BCUT2D eigenvalue weighted by Gasteiger charge is 2.57. The van der Waals surface area contributed by atoms with Crippen LogP contribution in [0.4, 0.5) is 17.5 Å². The van der Waals surface area contributed by atoms with Gasteiger partial charge in [-0.15, -0.1) is 21.5 Å². The summed E-state index contributed by atoms with van der Waals surface area (Å²) in [6.45, 7) is 13.3. The Morgan fingerprint density at radius 3 is 2.43 bits per heavy atom. The van der Waals surface area contributed by atoms with Crippen LogP contribution in [0.15, 0.2) is 72.4 Å². The summed E-state index contributed by atoms with van der Waals surface area (Å²) in [7, 11) is 0. The number of carbonyl (C=O) groups excluding carboxylic acids is 3. The van der Waals surface area contributed by atoms with E-state index in [9.17, 15) is 24.6 Å². The molecule has 5 aromatic rings. The van der Waals surface area contributed by atoms with Crippen LogP contribution in [0.5, 0.6) is 5.75 Å². The van der Waals surface area contributed by atoms with Crippen LogP contribution in [0.1, 0.15) is 88.6 Å². The molecule has 3 aromatic heterocycles. The van der Waals surface area contributed by atoms with E-state index < -0.39 is 23.6 Å². The number of aromatic hydroxyl groups is 1. The van der Waals surface area contributed by atoms with Gasteiger partial charge in [0.15, 0.2) is 5.82 Å². The van der Waals surface area contributed by atoms with Crippen LogP contribution in [0.2, 0.25) is 0 Å². The van der Waals surface area contributed by atoms with E-state index in [-0.39, 0.29) is 53.8 Å². The van der Waals surface area contributed by atoms with Crippen molar-refractivity contribution in [1.29, 1.82) is 0 Å². The van der Waals surface area contributed by atoms with Crippen molar-refractivity contribution in [3.05, 3.63) is 89.3 Å². The minimum absolute atomic E-state index is 0.0440. The molecule has 72 heavy (non-hydrogen) atoms. The van der Waals surface area contributed by atoms with Gasteiger partial charge in [0.05, 0.1) is 39.6 Å². The predicted molar refractivity (Wildman–Crippen MR) is 276 cm³/mol. The molecule has 0 unspecified atom stereocenters. The lowest BCUT2D eigenvalue weighted by Gasteiger charge is -2.60. The van der Waals surface area contributed by atoms with Gasteiger partial charge >= 0.3 is 0 Å². The number of para-hydroxylation sites is 1. The van der Waals surface area contributed by atoms with Crippen molar-refractivity contribution in [2.75, 3.05) is 60.9 Å². The molecule has 17 nitrogen and oxygen atoms in total. The van der Waals surface area contributed by atoms with E-state index >= 15 is 0 Å². The molecule has 6 aliphatic rings. The lowest BCUT2D eigenvalue weighted by Crippen LogP contribution is -2.62. The van der Waals surface area contributed by atoms with Gasteiger partial charge < -0.3 is 45.8 Å². The topological polar surface area (TPSA) is 205 Å². The first-order valence-electron chi connectivity index (χ1n) is 25.7. The van der Waals surface area contributed by atoms with Crippen LogP contribution in [-0.4, -0.2) is 139 Å². The second-order valence-electron chi connectivity index (χ2n) is 22.3. The fraction of sp³-hybridized carbons (Fsp3) is 0.519. The number of hydrogen-bond acceptors (Lipinski definition) is 15. The zero-order chi connectivity index (χ0) is 49.9. The minimum atomic E-state index is -0.841. The Hall–Kier alpha value is -6.24. The minimum Gasteiger partial charge on any atom is -0.507 e. The summed E-state index contributed by atoms with van der Waals surface area (Å²) in [5, 5.41) is 39.7. The molecule has 2 saturated carbocycles. The fourth-order valence-corrected chi connectivity index (χ4v) is 13.1. The number of aryl methyl sites for hydroxylation is 1. The van der Waals surface area contributed by atoms with Crippen molar-refractivity contribution in [2.24, 2.45) is 16.7 Å². The molecule has 5 fully saturated rings. The number of benzene rings is 2. The number of phenolic OH excluding ortho intramolecular Hbond substituents is 1. The van der Waals surface area contributed by atoms with Gasteiger partial charge in [-0.05, 0) is 105 Å². The number of fused-ring (bicyclic) bond motifs is 3. The van der Waals surface area contributed by atoms with Crippen LogP contribution in [-0.2, 0) is 20.9 Å². The van der Waals surface area contributed by atoms with E-state index in [0.29, 0.717) is 29.8 Å². The molecule has 3 amide bonds. The molecule has 5 N–H and O–H groups in total. The number of hydrogen-bond donors (Lipinski definition) is 5. The quantitative estimate of drug-likeness (QED) is 0.107. The third-order valence-corrected chi connectivity index (χ3v) is 17.4. The van der Waals surface area contributed by atoms with Crippen molar-refractivity contribution in [3.63, 3.8) is 0 Å². The number of nitrogens with one attached hydrogen (secondary N) is 3. The number of piperidine rings is 1. The van der Waals surface area contributed by atoms with Gasteiger partial charge in [-0.25, -0.2) is 15.0 Å². The zero-order valence-corrected chi connectivity index (χ0v) is 42.4. The number of anilines is 3. The first-order valence-corrected chi connectivity index (χ1v) is 26.6. The van der Waals surface area contributed by atoms with Crippen molar-refractivity contribution >= 4 is 46.5 Å². The summed E-state index contributed by atoms with van der Waals surface area (Å²) in [4.78, 5) is 66.0. The Morgan fingerprint density at radius 2 is 1.69 bits per heavy atom. The van der Waals surface area contributed by atoms with Gasteiger partial charge in [0, 0.05) is 81.0 Å². The highest BCUT2D eigenvalue weighted by molar-refractivity contribution is 7.13. The second kappa shape index (κ2) is 19.3. The van der Waals surface area contributed by atoms with Crippen molar-refractivity contribution in [2.45, 2.75) is 115 Å². The van der Waals surface area contributed by atoms with Gasteiger partial charge in [-0.1, -0.05) is 57.2 Å². The number of phenols is 1. The number of thiazole rings is 1. The molecular weight excluding hydrogens is 929 g/mol. The lowest BCUT2D eigenvalue weighted by molar-refractivity contribution is -0.150. The van der Waals surface area contributed by atoms with Gasteiger partial charge in [-0.2, -0.15) is 0 Å². The van der Waals surface area contributed by atoms with Gasteiger partial charge in [0.25, 0.3) is 0 Å². The molecule has 2 aromatic carbocycles. The van der Waals surface area contributed by atoms with Gasteiger partial charge in [0.2, 0.25) is 23.7 Å². The number of aliphatic hydroxyl groups is 1. The highest BCUT2D eigenvalue weighted by atomic mass is 32.1. The molecule has 18 heteroatoms. The Morgan fingerprint density at radius 1 is 0.917 bits per heavy atom. The third-order valence-electron chi connectivity index (χ3n) is 16.4. The normalized spacial score (nSPS) is 25.7. The molecule has 0 radical (unpaired) electrons. The molecule has 1 spiro atoms. The average molecular weight is 995 g/mol. The number of nitrogens with zero attached hydrogens (tertiary/aromatic N) is 9. The summed E-state index contributed by atoms with van der Waals surface area (Å²) in [6, 6.07) is 18.4. The second-order valence-corrected chi connectivity index (χ2v) is 23.2. The van der Waals surface area contributed by atoms with Gasteiger partial charge in [-0.3, -0.25) is 14.4 Å². The van der Waals surface area contributed by atoms with E-state index in [1.807, 2.05) is 81.9 Å². The predicted octanol–water partition coefficient (Wildman–Crippen LogP) is 5.74. The molecule has 2 aliphatic carbocycles. The van der Waals surface area contributed by atoms with E-state index in [1.54, 1.807) is 23.5 Å². The first-order chi connectivity index (χ1) is 34.7. The summed E-state index contributed by atoms with van der Waals surface area (Å²) in [6.07, 6.45) is 7.15. The number of amides is 3. The number of aromatic nitrogens is 5. The monoisotopic (exact) mass is 994 g/mol. The van der Waals surface area contributed by atoms with Crippen molar-refractivity contribution < 1.29 is 24.6 Å². The van der Waals surface area contributed by atoms with Crippen LogP contribution in [0.3, 0.4) is 0 Å². The lowest BCUT2D eigenvalue weighted by atomic mass is 9.49. The zero-order valence-electron chi connectivity index (χ0n) is 41.6. The first kappa shape index (κ1) is 48.1. The number of aliphatic hydroxyl groups excluding tert-OH is 1. The fourth-order valence-electron chi connectivity index (χ4n) is 12.3. The molecule has 11 rings (SSSR count). The van der Waals surface area contributed by atoms with Gasteiger partial charge in [0.1, 0.15) is 17.8 Å². The SMILES string of the molecule is Cc1ncsc1-c1ccc(CNC(=O)[C@@H]2C[C@@H](O)CN2C(=O)[C@@H](NC(=O)[C@H]2CC3(C2)C[C@H](N2CCC(c4ccnc(N5CCN6c7cc(-c8ccccc8O)nnc7NC[C@@H]6C5)n4)CC2)C3)C(C)(C)C)cc1. The number of likely N-dealkylation sites (tertiary alicyclic amines) is 2. The molecule has 7 heterocycles. The van der Waals surface area contributed by atoms with E-state index in [1.165, 1.54) is 4.90 Å². The van der Waals surface area contributed by atoms with Crippen LogP contribution in [0.25, 0.3) is 21.7 Å². The molecule has 4 atom stereocenters. The molecule has 4 aliphatic heterocycles. The summed E-state index contributed by atoms with van der Waals surface area (Å²) < 4.78 is 0. The maximum absolute atomic E-state index is 14.3. The highest BCUT2D eigenvalue weighted by Crippen LogP contribution is 2.60. The summed E-state index contributed by atoms with van der Waals surface area (Å²) in [5.74, 6) is 1.20. The Labute approximate surface area is 424 Å². The summed E-state index contributed by atoms with van der Waals surface area (Å²) >= 11 is 1.59. The maximum atomic E-state index is 14.3. The Bertz CT molecular complexity index is 2810. The maximum Gasteiger partial charge on any atom is 0.246 e. The van der Waals surface area contributed by atoms with E-state index in [4.69, 9.17) is 9.97 Å². The molecule has 3 saturated heterocycles. The third kappa shape index (κ3) is 9.48. The van der Waals surface area contributed by atoms with Crippen molar-refractivity contribution in [3.8, 4) is 27.4 Å². The number of β-amino-alcohol motifs (C(OH)–C–C–N with tert-alkyl or cyclic N) is 1. The van der Waals surface area contributed by atoms with E-state index in [2.05, 4.69) is 51.9 Å². The van der Waals surface area contributed by atoms with Crippen LogP contribution in [0, 0.1) is 23.7 Å². The van der Waals surface area contributed by atoms with Crippen LogP contribution < -0.4 is 25.8 Å². The molecule has 0 bridgehead atoms. The largest absolute Gasteiger partial charge is 0.507 e. The number of piperazine rings is 1. The Balaban J connectivity index is 0.637. The number of carbonyl (C=O) groups is 3.